The van der Waals surface area contributed by atoms with Crippen LogP contribution in [-0.2, 0) is 11.2 Å². The Kier molecular flexibility index (Phi) is 7.68. The SMILES string of the molecule is CCCc1nc2ccc(Br)cc2c(=O)n1N=Cc1cc(Br)c(O[C@H](C)C(=O)O)c(OC)c1. The molecule has 1 heterocycles. The van der Waals surface area contributed by atoms with Gasteiger partial charge in [-0.3, -0.25) is 4.79 Å². The molecule has 0 fully saturated rings. The van der Waals surface area contributed by atoms with Gasteiger partial charge in [-0.2, -0.15) is 9.78 Å². The summed E-state index contributed by atoms with van der Waals surface area (Å²) < 4.78 is 13.4. The minimum absolute atomic E-state index is 0.264. The Bertz CT molecular complexity index is 1260. The standard InChI is InChI=1S/C22H21Br2N3O5/c1-4-5-19-26-17-7-6-14(23)10-15(17)21(28)27(19)25-11-13-8-16(24)20(18(9-13)31-3)32-12(2)22(29)30/h6-12H,4-5H2,1-3H3,(H,29,30)/t12-/m1/s1. The molecule has 0 unspecified atom stereocenters. The van der Waals surface area contributed by atoms with Crippen LogP contribution >= 0.6 is 31.9 Å². The van der Waals surface area contributed by atoms with E-state index in [1.165, 1.54) is 24.9 Å². The van der Waals surface area contributed by atoms with Crippen molar-refractivity contribution in [3.05, 3.63) is 61.0 Å². The summed E-state index contributed by atoms with van der Waals surface area (Å²) in [5.74, 6) is 0.0592. The molecule has 2 aromatic carbocycles. The van der Waals surface area contributed by atoms with E-state index in [1.807, 2.05) is 13.0 Å². The van der Waals surface area contributed by atoms with E-state index in [4.69, 9.17) is 14.6 Å². The zero-order chi connectivity index (χ0) is 23.4. The zero-order valence-corrected chi connectivity index (χ0v) is 20.8. The second-order valence-corrected chi connectivity index (χ2v) is 8.70. The molecule has 1 N–H and O–H groups in total. The minimum Gasteiger partial charge on any atom is -0.493 e. The highest BCUT2D eigenvalue weighted by Crippen LogP contribution is 2.37. The monoisotopic (exact) mass is 565 g/mol. The van der Waals surface area contributed by atoms with Gasteiger partial charge in [-0.25, -0.2) is 9.78 Å². The number of carbonyl (C=O) groups is 1. The smallest absolute Gasteiger partial charge is 0.344 e. The Hall–Kier alpha value is -2.72. The van der Waals surface area contributed by atoms with Crippen LogP contribution in [0.15, 0.2) is 49.2 Å². The molecular formula is C22H21Br2N3O5. The van der Waals surface area contributed by atoms with Crippen LogP contribution in [0.2, 0.25) is 0 Å². The first kappa shape index (κ1) is 23.9. The third-order valence-electron chi connectivity index (χ3n) is 4.57. The van der Waals surface area contributed by atoms with Gasteiger partial charge in [-0.15, -0.1) is 0 Å². The highest BCUT2D eigenvalue weighted by atomic mass is 79.9. The van der Waals surface area contributed by atoms with Gasteiger partial charge < -0.3 is 14.6 Å². The molecule has 3 aromatic rings. The number of rotatable bonds is 8. The highest BCUT2D eigenvalue weighted by Gasteiger charge is 2.19. The molecule has 0 saturated carbocycles. The molecule has 10 heteroatoms. The lowest BCUT2D eigenvalue weighted by molar-refractivity contribution is -0.144. The maximum atomic E-state index is 13.1. The lowest BCUT2D eigenvalue weighted by Gasteiger charge is -2.16. The summed E-state index contributed by atoms with van der Waals surface area (Å²) >= 11 is 6.78. The van der Waals surface area contributed by atoms with E-state index < -0.39 is 12.1 Å². The van der Waals surface area contributed by atoms with Crippen LogP contribution < -0.4 is 15.0 Å². The van der Waals surface area contributed by atoms with Crippen LogP contribution in [0.4, 0.5) is 0 Å². The van der Waals surface area contributed by atoms with Crippen molar-refractivity contribution < 1.29 is 19.4 Å². The molecule has 0 radical (unpaired) electrons. The van der Waals surface area contributed by atoms with Gasteiger partial charge in [0.05, 0.1) is 28.7 Å². The number of carboxylic acid groups (broad SMARTS) is 1. The van der Waals surface area contributed by atoms with Crippen molar-refractivity contribution in [2.45, 2.75) is 32.8 Å². The van der Waals surface area contributed by atoms with Crippen molar-refractivity contribution in [2.75, 3.05) is 7.11 Å². The molecule has 32 heavy (non-hydrogen) atoms. The zero-order valence-electron chi connectivity index (χ0n) is 17.6. The van der Waals surface area contributed by atoms with Gasteiger partial charge in [0.1, 0.15) is 5.82 Å². The highest BCUT2D eigenvalue weighted by molar-refractivity contribution is 9.10. The van der Waals surface area contributed by atoms with Crippen molar-refractivity contribution >= 4 is 54.9 Å². The summed E-state index contributed by atoms with van der Waals surface area (Å²) in [5, 5.41) is 14.0. The molecule has 3 rings (SSSR count). The van der Waals surface area contributed by atoms with Crippen LogP contribution in [0.5, 0.6) is 11.5 Å². The average molecular weight is 567 g/mol. The van der Waals surface area contributed by atoms with Crippen molar-refractivity contribution in [3.8, 4) is 11.5 Å². The van der Waals surface area contributed by atoms with Crippen molar-refractivity contribution in [2.24, 2.45) is 5.10 Å². The summed E-state index contributed by atoms with van der Waals surface area (Å²) in [7, 11) is 1.45. The Morgan fingerprint density at radius 1 is 1.31 bits per heavy atom. The Morgan fingerprint density at radius 3 is 2.72 bits per heavy atom. The van der Waals surface area contributed by atoms with Gasteiger partial charge in [0.25, 0.3) is 5.56 Å². The van der Waals surface area contributed by atoms with E-state index in [9.17, 15) is 9.59 Å². The number of carboxylic acids is 1. The van der Waals surface area contributed by atoms with Crippen LogP contribution in [0.1, 0.15) is 31.7 Å². The van der Waals surface area contributed by atoms with Gasteiger partial charge in [0.2, 0.25) is 0 Å². The van der Waals surface area contributed by atoms with Crippen LogP contribution in [-0.4, -0.2) is 40.2 Å². The third kappa shape index (κ3) is 5.18. The molecule has 0 aliphatic rings. The van der Waals surface area contributed by atoms with Gasteiger partial charge in [0.15, 0.2) is 17.6 Å². The largest absolute Gasteiger partial charge is 0.493 e. The lowest BCUT2D eigenvalue weighted by Crippen LogP contribution is -2.23. The van der Waals surface area contributed by atoms with E-state index in [1.54, 1.807) is 24.3 Å². The Morgan fingerprint density at radius 2 is 2.06 bits per heavy atom. The fourth-order valence-corrected chi connectivity index (χ4v) is 3.89. The van der Waals surface area contributed by atoms with E-state index in [-0.39, 0.29) is 11.3 Å². The number of aliphatic carboxylic acids is 1. The number of hydrogen-bond acceptors (Lipinski definition) is 6. The van der Waals surface area contributed by atoms with Gasteiger partial charge in [-0.1, -0.05) is 22.9 Å². The van der Waals surface area contributed by atoms with E-state index >= 15 is 0 Å². The normalized spacial score (nSPS) is 12.3. The molecule has 0 aliphatic carbocycles. The second kappa shape index (κ2) is 10.3. The summed E-state index contributed by atoms with van der Waals surface area (Å²) in [6, 6.07) is 8.71. The summed E-state index contributed by atoms with van der Waals surface area (Å²) in [4.78, 5) is 28.8. The van der Waals surface area contributed by atoms with Crippen LogP contribution in [0.3, 0.4) is 0 Å². The molecule has 1 atom stereocenters. The molecule has 0 amide bonds. The minimum atomic E-state index is -1.09. The van der Waals surface area contributed by atoms with Gasteiger partial charge in [-0.05, 0) is 65.2 Å². The number of hydrogen-bond donors (Lipinski definition) is 1. The molecule has 0 spiro atoms. The molecule has 1 aromatic heterocycles. The maximum Gasteiger partial charge on any atom is 0.344 e. The first-order chi connectivity index (χ1) is 15.2. The second-order valence-electron chi connectivity index (χ2n) is 6.93. The molecule has 0 aliphatic heterocycles. The summed E-state index contributed by atoms with van der Waals surface area (Å²) in [6.45, 7) is 3.43. The Balaban J connectivity index is 2.06. The number of nitrogens with zero attached hydrogens (tertiary/aromatic N) is 3. The molecule has 168 valence electrons. The molecular weight excluding hydrogens is 546 g/mol. The number of aryl methyl sites for hydroxylation is 1. The van der Waals surface area contributed by atoms with Crippen LogP contribution in [0.25, 0.3) is 10.9 Å². The quantitative estimate of drug-likeness (QED) is 0.399. The molecule has 0 bridgehead atoms. The fraction of sp³-hybridized carbons (Fsp3) is 0.273. The number of halogens is 2. The number of methoxy groups -OCH3 is 1. The van der Waals surface area contributed by atoms with E-state index in [0.29, 0.717) is 38.9 Å². The van der Waals surface area contributed by atoms with Crippen molar-refractivity contribution in [3.63, 3.8) is 0 Å². The predicted molar refractivity (Wildman–Crippen MR) is 129 cm³/mol. The first-order valence-corrected chi connectivity index (χ1v) is 11.4. The molecule has 0 saturated heterocycles. The van der Waals surface area contributed by atoms with Crippen molar-refractivity contribution in [1.82, 2.24) is 9.66 Å². The molecule has 8 nitrogen and oxygen atoms in total. The fourth-order valence-electron chi connectivity index (χ4n) is 2.98. The first-order valence-electron chi connectivity index (χ1n) is 9.77. The van der Waals surface area contributed by atoms with Gasteiger partial charge >= 0.3 is 5.97 Å². The average Bonchev–Trinajstić information content (AvgIpc) is 2.75. The van der Waals surface area contributed by atoms with E-state index in [0.717, 1.165) is 10.9 Å². The number of fused-ring (bicyclic) bond motifs is 1. The number of ether oxygens (including phenoxy) is 2. The van der Waals surface area contributed by atoms with Crippen molar-refractivity contribution in [1.29, 1.82) is 0 Å². The topological polar surface area (TPSA) is 103 Å². The summed E-state index contributed by atoms with van der Waals surface area (Å²) in [5.41, 5.74) is 0.969. The Labute approximate surface area is 201 Å². The van der Waals surface area contributed by atoms with Gasteiger partial charge in [0, 0.05) is 10.9 Å². The number of aromatic nitrogens is 2. The van der Waals surface area contributed by atoms with Crippen LogP contribution in [0, 0.1) is 0 Å². The third-order valence-corrected chi connectivity index (χ3v) is 5.65. The predicted octanol–water partition coefficient (Wildman–Crippen LogP) is 4.62. The van der Waals surface area contributed by atoms with E-state index in [2.05, 4.69) is 41.9 Å². The lowest BCUT2D eigenvalue weighted by atomic mass is 10.2. The maximum absolute atomic E-state index is 13.1. The number of benzene rings is 2. The summed E-state index contributed by atoms with van der Waals surface area (Å²) in [6.07, 6.45) is 1.85.